The highest BCUT2D eigenvalue weighted by Crippen LogP contribution is 2.30. The molecule has 7 nitrogen and oxygen atoms in total. The number of nitrogens with two attached hydrogens (primary N) is 1. The minimum absolute atomic E-state index is 0.0774. The minimum atomic E-state index is -0.805. The maximum atomic E-state index is 11.2. The first-order chi connectivity index (χ1) is 10.5. The van der Waals surface area contributed by atoms with Crippen LogP contribution in [0.3, 0.4) is 0 Å². The summed E-state index contributed by atoms with van der Waals surface area (Å²) in [6, 6.07) is 7.00. The normalized spacial score (nSPS) is 15.0. The Bertz CT molecular complexity index is 620. The van der Waals surface area contributed by atoms with Gasteiger partial charge >= 0.3 is 0 Å². The van der Waals surface area contributed by atoms with E-state index in [9.17, 15) is 10.1 Å². The van der Waals surface area contributed by atoms with Crippen LogP contribution >= 0.6 is 0 Å². The van der Waals surface area contributed by atoms with E-state index in [4.69, 9.17) is 19.9 Å². The van der Waals surface area contributed by atoms with E-state index in [1.165, 1.54) is 14.2 Å². The van der Waals surface area contributed by atoms with Gasteiger partial charge in [-0.2, -0.15) is 0 Å². The molecule has 0 atom stereocenters. The fourth-order valence-electron chi connectivity index (χ4n) is 2.28. The Morgan fingerprint density at radius 2 is 2.00 bits per heavy atom. The first-order valence-electron chi connectivity index (χ1n) is 6.72. The number of nitro groups is 1. The molecule has 2 rings (SSSR count). The van der Waals surface area contributed by atoms with E-state index in [-0.39, 0.29) is 12.1 Å². The molecule has 0 amide bonds. The fraction of sp³-hybridized carbons (Fsp3) is 0.333. The van der Waals surface area contributed by atoms with Gasteiger partial charge in [0.05, 0.1) is 10.5 Å². The molecule has 0 heterocycles. The van der Waals surface area contributed by atoms with Crippen LogP contribution in [-0.2, 0) is 9.47 Å². The first-order valence-corrected chi connectivity index (χ1v) is 6.72. The Morgan fingerprint density at radius 1 is 1.27 bits per heavy atom. The van der Waals surface area contributed by atoms with E-state index >= 15 is 0 Å². The fourth-order valence-corrected chi connectivity index (χ4v) is 2.28. The lowest BCUT2D eigenvalue weighted by Crippen LogP contribution is -2.22. The third-order valence-electron chi connectivity index (χ3n) is 3.27. The monoisotopic (exact) mass is 306 g/mol. The van der Waals surface area contributed by atoms with E-state index in [0.29, 0.717) is 29.2 Å². The van der Waals surface area contributed by atoms with Crippen LogP contribution in [0.15, 0.2) is 47.4 Å². The average Bonchev–Trinajstić information content (AvgIpc) is 2.48. The summed E-state index contributed by atoms with van der Waals surface area (Å²) in [5.74, 6) is 1.19. The van der Waals surface area contributed by atoms with Crippen LogP contribution in [0.25, 0.3) is 0 Å². The molecule has 0 bridgehead atoms. The van der Waals surface area contributed by atoms with Crippen LogP contribution in [0, 0.1) is 10.1 Å². The number of benzene rings is 1. The van der Waals surface area contributed by atoms with E-state index < -0.39 is 11.2 Å². The maximum absolute atomic E-state index is 11.2. The molecular formula is C15H18N2O5. The van der Waals surface area contributed by atoms with E-state index in [1.54, 1.807) is 30.3 Å². The Kier molecular flexibility index (Phi) is 5.13. The Morgan fingerprint density at radius 3 is 2.59 bits per heavy atom. The van der Waals surface area contributed by atoms with Gasteiger partial charge in [0, 0.05) is 38.8 Å². The molecule has 0 aliphatic heterocycles. The summed E-state index contributed by atoms with van der Waals surface area (Å²) >= 11 is 0. The molecule has 0 saturated carbocycles. The van der Waals surface area contributed by atoms with Crippen molar-refractivity contribution in [1.82, 2.24) is 0 Å². The standard InChI is InChI=1S/C15H18N2O5/c1-20-15(21-2)13-9-12(6-7-14(13)17(18)19)22-11-5-3-4-10(16)8-11/h3-5,8-9,15H,6-7,16H2,1-2H3. The highest BCUT2D eigenvalue weighted by atomic mass is 16.7. The van der Waals surface area contributed by atoms with E-state index in [2.05, 4.69) is 0 Å². The number of methoxy groups -OCH3 is 2. The molecule has 0 spiro atoms. The van der Waals surface area contributed by atoms with Crippen molar-refractivity contribution in [3.63, 3.8) is 0 Å². The van der Waals surface area contributed by atoms with Gasteiger partial charge in [0.2, 0.25) is 0 Å². The smallest absolute Gasteiger partial charge is 0.255 e. The molecular weight excluding hydrogens is 288 g/mol. The molecule has 1 aromatic carbocycles. The van der Waals surface area contributed by atoms with Crippen LogP contribution in [0.4, 0.5) is 5.69 Å². The van der Waals surface area contributed by atoms with Crippen molar-refractivity contribution in [2.24, 2.45) is 0 Å². The molecule has 7 heteroatoms. The predicted molar refractivity (Wildman–Crippen MR) is 80.6 cm³/mol. The molecule has 1 aromatic rings. The summed E-state index contributed by atoms with van der Waals surface area (Å²) in [4.78, 5) is 10.8. The van der Waals surface area contributed by atoms with Gasteiger partial charge in [-0.05, 0) is 18.2 Å². The second kappa shape index (κ2) is 7.06. The highest BCUT2D eigenvalue weighted by Gasteiger charge is 2.29. The third-order valence-corrected chi connectivity index (χ3v) is 3.27. The van der Waals surface area contributed by atoms with Gasteiger partial charge < -0.3 is 19.9 Å². The van der Waals surface area contributed by atoms with Crippen molar-refractivity contribution in [3.05, 3.63) is 57.5 Å². The number of nitrogen functional groups attached to an aromatic ring is 1. The SMILES string of the molecule is COC(OC)C1=C([N+](=O)[O-])CCC(Oc2cccc(N)c2)=C1. The van der Waals surface area contributed by atoms with Crippen molar-refractivity contribution >= 4 is 5.69 Å². The van der Waals surface area contributed by atoms with Crippen molar-refractivity contribution in [3.8, 4) is 5.75 Å². The van der Waals surface area contributed by atoms with Gasteiger partial charge in [-0.25, -0.2) is 0 Å². The molecule has 0 aromatic heterocycles. The summed E-state index contributed by atoms with van der Waals surface area (Å²) in [7, 11) is 2.86. The molecule has 2 N–H and O–H groups in total. The molecule has 0 unspecified atom stereocenters. The van der Waals surface area contributed by atoms with Crippen molar-refractivity contribution < 1.29 is 19.1 Å². The average molecular weight is 306 g/mol. The molecule has 1 aliphatic rings. The summed E-state index contributed by atoms with van der Waals surface area (Å²) < 4.78 is 16.0. The number of hydrogen-bond acceptors (Lipinski definition) is 6. The summed E-state index contributed by atoms with van der Waals surface area (Å²) in [6.45, 7) is 0. The van der Waals surface area contributed by atoms with Crippen LogP contribution in [0.2, 0.25) is 0 Å². The Hall–Kier alpha value is -2.38. The lowest BCUT2D eigenvalue weighted by Gasteiger charge is -2.20. The largest absolute Gasteiger partial charge is 0.462 e. The number of allylic oxidation sites excluding steroid dienone is 2. The van der Waals surface area contributed by atoms with Crippen molar-refractivity contribution in [1.29, 1.82) is 0 Å². The van der Waals surface area contributed by atoms with Crippen LogP contribution in [0.1, 0.15) is 12.8 Å². The zero-order valence-corrected chi connectivity index (χ0v) is 12.4. The lowest BCUT2D eigenvalue weighted by molar-refractivity contribution is -0.430. The predicted octanol–water partition coefficient (Wildman–Crippen LogP) is 2.48. The highest BCUT2D eigenvalue weighted by molar-refractivity contribution is 5.44. The molecule has 118 valence electrons. The van der Waals surface area contributed by atoms with E-state index in [0.717, 1.165) is 0 Å². The van der Waals surface area contributed by atoms with Gasteiger partial charge in [-0.1, -0.05) is 6.07 Å². The summed E-state index contributed by atoms with van der Waals surface area (Å²) in [5, 5.41) is 11.2. The van der Waals surface area contributed by atoms with Gasteiger partial charge in [0.25, 0.3) is 5.70 Å². The number of nitrogens with zero attached hydrogens (tertiary/aromatic N) is 1. The second-order valence-corrected chi connectivity index (χ2v) is 4.75. The van der Waals surface area contributed by atoms with Gasteiger partial charge in [0.1, 0.15) is 11.5 Å². The van der Waals surface area contributed by atoms with Crippen molar-refractivity contribution in [2.75, 3.05) is 20.0 Å². The van der Waals surface area contributed by atoms with Gasteiger partial charge in [-0.15, -0.1) is 0 Å². The molecule has 0 saturated heterocycles. The molecule has 1 aliphatic carbocycles. The lowest BCUT2D eigenvalue weighted by atomic mass is 10.0. The quantitative estimate of drug-likeness (QED) is 0.375. The zero-order valence-electron chi connectivity index (χ0n) is 12.4. The van der Waals surface area contributed by atoms with Crippen LogP contribution in [-0.4, -0.2) is 25.4 Å². The number of rotatable bonds is 6. The summed E-state index contributed by atoms with van der Waals surface area (Å²) in [5.41, 5.74) is 6.73. The van der Waals surface area contributed by atoms with Crippen LogP contribution < -0.4 is 10.5 Å². The Labute approximate surface area is 128 Å². The first kappa shape index (κ1) is 16.0. The maximum Gasteiger partial charge on any atom is 0.255 e. The van der Waals surface area contributed by atoms with E-state index in [1.807, 2.05) is 0 Å². The third kappa shape index (κ3) is 3.63. The summed E-state index contributed by atoms with van der Waals surface area (Å²) in [6.07, 6.45) is 1.47. The minimum Gasteiger partial charge on any atom is -0.462 e. The van der Waals surface area contributed by atoms with Gasteiger partial charge in [0.15, 0.2) is 6.29 Å². The topological polar surface area (TPSA) is 96.8 Å². The molecule has 0 radical (unpaired) electrons. The van der Waals surface area contributed by atoms with Crippen LogP contribution in [0.5, 0.6) is 5.75 Å². The van der Waals surface area contributed by atoms with Gasteiger partial charge in [-0.3, -0.25) is 10.1 Å². The second-order valence-electron chi connectivity index (χ2n) is 4.75. The number of anilines is 1. The Balaban J connectivity index is 2.30. The zero-order chi connectivity index (χ0) is 16.1. The number of hydrogen-bond donors (Lipinski definition) is 1. The van der Waals surface area contributed by atoms with Crippen molar-refractivity contribution in [2.45, 2.75) is 19.1 Å². The number of ether oxygens (including phenoxy) is 3. The molecule has 0 fully saturated rings. The molecule has 22 heavy (non-hydrogen) atoms.